The van der Waals surface area contributed by atoms with Gasteiger partial charge < -0.3 is 10.0 Å². The van der Waals surface area contributed by atoms with Crippen molar-refractivity contribution in [3.63, 3.8) is 0 Å². The van der Waals surface area contributed by atoms with Crippen molar-refractivity contribution in [3.05, 3.63) is 0 Å². The third kappa shape index (κ3) is 5.47. The Kier molecular flexibility index (Phi) is 5.35. The highest BCUT2D eigenvalue weighted by atomic mass is 32.2. The van der Waals surface area contributed by atoms with Crippen molar-refractivity contribution in [1.29, 1.82) is 0 Å². The van der Waals surface area contributed by atoms with Gasteiger partial charge in [0.2, 0.25) is 5.91 Å². The molecule has 1 heterocycles. The van der Waals surface area contributed by atoms with Crippen LogP contribution in [0.3, 0.4) is 0 Å². The van der Waals surface area contributed by atoms with Gasteiger partial charge in [0.15, 0.2) is 9.84 Å². The van der Waals surface area contributed by atoms with Crippen LogP contribution in [0.15, 0.2) is 0 Å². The van der Waals surface area contributed by atoms with E-state index in [0.29, 0.717) is 26.2 Å². The van der Waals surface area contributed by atoms with E-state index in [1.165, 1.54) is 0 Å². The Hall–Kier alpha value is -0.660. The Labute approximate surface area is 102 Å². The number of sulfone groups is 1. The monoisotopic (exact) mass is 264 g/mol. The van der Waals surface area contributed by atoms with Crippen molar-refractivity contribution in [1.82, 2.24) is 9.80 Å². The molecule has 0 saturated carbocycles. The van der Waals surface area contributed by atoms with Crippen LogP contribution in [0.2, 0.25) is 0 Å². The molecule has 1 fully saturated rings. The van der Waals surface area contributed by atoms with Gasteiger partial charge >= 0.3 is 0 Å². The first-order valence-electron chi connectivity index (χ1n) is 5.71. The molecule has 0 unspecified atom stereocenters. The quantitative estimate of drug-likeness (QED) is 0.673. The molecule has 0 aliphatic carbocycles. The van der Waals surface area contributed by atoms with E-state index >= 15 is 0 Å². The SMILES string of the molecule is CS(=O)(=O)CC(=O)N1CCCN(CCO)CC1. The highest BCUT2D eigenvalue weighted by Crippen LogP contribution is 2.04. The van der Waals surface area contributed by atoms with Gasteiger partial charge in [0.05, 0.1) is 6.61 Å². The number of hydrogen-bond acceptors (Lipinski definition) is 5. The summed E-state index contributed by atoms with van der Waals surface area (Å²) in [5.41, 5.74) is 0. The standard InChI is InChI=1S/C10H20N2O4S/c1-17(15,16)9-10(14)12-4-2-3-11(5-6-12)7-8-13/h13H,2-9H2,1H3. The predicted octanol–water partition coefficient (Wildman–Crippen LogP) is -1.44. The van der Waals surface area contributed by atoms with Crippen LogP contribution in [0.4, 0.5) is 0 Å². The summed E-state index contributed by atoms with van der Waals surface area (Å²) in [6.07, 6.45) is 1.89. The number of aliphatic hydroxyl groups is 1. The molecule has 0 spiro atoms. The molecule has 100 valence electrons. The van der Waals surface area contributed by atoms with Gasteiger partial charge in [0.25, 0.3) is 0 Å². The highest BCUT2D eigenvalue weighted by Gasteiger charge is 2.21. The number of hydrogen-bond donors (Lipinski definition) is 1. The van der Waals surface area contributed by atoms with Crippen LogP contribution < -0.4 is 0 Å². The van der Waals surface area contributed by atoms with Crippen LogP contribution in [0.25, 0.3) is 0 Å². The fourth-order valence-electron chi connectivity index (χ4n) is 1.90. The number of carbonyl (C=O) groups excluding carboxylic acids is 1. The zero-order valence-electron chi connectivity index (χ0n) is 10.1. The molecule has 0 aromatic heterocycles. The second-order valence-electron chi connectivity index (χ2n) is 4.37. The Morgan fingerprint density at radius 3 is 2.53 bits per heavy atom. The van der Waals surface area contributed by atoms with Crippen LogP contribution in [0, 0.1) is 0 Å². The first-order chi connectivity index (χ1) is 7.92. The lowest BCUT2D eigenvalue weighted by molar-refractivity contribution is -0.128. The number of aliphatic hydroxyl groups excluding tert-OH is 1. The minimum atomic E-state index is -3.25. The molecule has 0 aromatic carbocycles. The summed E-state index contributed by atoms with van der Waals surface area (Å²) < 4.78 is 22.1. The van der Waals surface area contributed by atoms with Crippen molar-refractivity contribution >= 4 is 15.7 Å². The van der Waals surface area contributed by atoms with Crippen LogP contribution >= 0.6 is 0 Å². The largest absolute Gasteiger partial charge is 0.395 e. The molecule has 1 aliphatic heterocycles. The first-order valence-corrected chi connectivity index (χ1v) is 7.77. The Bertz CT molecular complexity index is 355. The normalized spacial score (nSPS) is 19.1. The molecule has 7 heteroatoms. The fourth-order valence-corrected chi connectivity index (χ4v) is 2.53. The lowest BCUT2D eigenvalue weighted by Gasteiger charge is -2.21. The summed E-state index contributed by atoms with van der Waals surface area (Å²) in [7, 11) is -3.25. The summed E-state index contributed by atoms with van der Waals surface area (Å²) in [6, 6.07) is 0. The molecule has 0 aromatic rings. The van der Waals surface area contributed by atoms with Gasteiger partial charge in [-0.25, -0.2) is 8.42 Å². The van der Waals surface area contributed by atoms with Gasteiger partial charge in [-0.15, -0.1) is 0 Å². The van der Waals surface area contributed by atoms with E-state index in [1.54, 1.807) is 4.90 Å². The first kappa shape index (κ1) is 14.4. The minimum Gasteiger partial charge on any atom is -0.395 e. The average Bonchev–Trinajstić information content (AvgIpc) is 2.41. The van der Waals surface area contributed by atoms with Gasteiger partial charge in [-0.3, -0.25) is 9.69 Å². The topological polar surface area (TPSA) is 77.9 Å². The van der Waals surface area contributed by atoms with Gasteiger partial charge in [0.1, 0.15) is 5.75 Å². The third-order valence-electron chi connectivity index (χ3n) is 2.74. The van der Waals surface area contributed by atoms with Gasteiger partial charge in [0, 0.05) is 32.4 Å². The number of rotatable bonds is 4. The Morgan fingerprint density at radius 1 is 1.24 bits per heavy atom. The van der Waals surface area contributed by atoms with Gasteiger partial charge in [-0.05, 0) is 13.0 Å². The zero-order chi connectivity index (χ0) is 12.9. The van der Waals surface area contributed by atoms with Crippen molar-refractivity contribution in [2.75, 3.05) is 51.3 Å². The van der Waals surface area contributed by atoms with Gasteiger partial charge in [-0.1, -0.05) is 0 Å². The maximum atomic E-state index is 11.7. The van der Waals surface area contributed by atoms with Crippen LogP contribution in [0.5, 0.6) is 0 Å². The van der Waals surface area contributed by atoms with E-state index in [4.69, 9.17) is 5.11 Å². The van der Waals surface area contributed by atoms with Crippen molar-refractivity contribution in [2.45, 2.75) is 6.42 Å². The van der Waals surface area contributed by atoms with Crippen molar-refractivity contribution in [3.8, 4) is 0 Å². The number of amides is 1. The summed E-state index contributed by atoms with van der Waals surface area (Å²) in [4.78, 5) is 15.4. The van der Waals surface area contributed by atoms with Crippen molar-refractivity contribution in [2.24, 2.45) is 0 Å². The van der Waals surface area contributed by atoms with Crippen molar-refractivity contribution < 1.29 is 18.3 Å². The average molecular weight is 264 g/mol. The molecule has 1 N–H and O–H groups in total. The summed E-state index contributed by atoms with van der Waals surface area (Å²) in [6.45, 7) is 3.37. The number of nitrogens with zero attached hydrogens (tertiary/aromatic N) is 2. The molecule has 0 atom stereocenters. The maximum absolute atomic E-state index is 11.7. The van der Waals surface area contributed by atoms with E-state index in [9.17, 15) is 13.2 Å². The summed E-state index contributed by atoms with van der Waals surface area (Å²) in [5.74, 6) is -0.731. The molecular weight excluding hydrogens is 244 g/mol. The highest BCUT2D eigenvalue weighted by molar-refractivity contribution is 7.91. The molecule has 0 bridgehead atoms. The Balaban J connectivity index is 2.48. The molecular formula is C10H20N2O4S. The maximum Gasteiger partial charge on any atom is 0.237 e. The van der Waals surface area contributed by atoms with E-state index < -0.39 is 15.6 Å². The summed E-state index contributed by atoms with van der Waals surface area (Å²) in [5, 5.41) is 8.84. The van der Waals surface area contributed by atoms with E-state index in [-0.39, 0.29) is 12.5 Å². The molecule has 1 rings (SSSR count). The molecule has 17 heavy (non-hydrogen) atoms. The van der Waals surface area contributed by atoms with Crippen LogP contribution in [0.1, 0.15) is 6.42 Å². The van der Waals surface area contributed by atoms with Crippen LogP contribution in [-0.4, -0.2) is 80.6 Å². The fraction of sp³-hybridized carbons (Fsp3) is 0.900. The molecule has 1 aliphatic rings. The third-order valence-corrected chi connectivity index (χ3v) is 3.51. The van der Waals surface area contributed by atoms with Gasteiger partial charge in [-0.2, -0.15) is 0 Å². The number of β-amino-alcohol motifs (C(OH)–C–C–N with tert-alkyl or cyclic N) is 1. The minimum absolute atomic E-state index is 0.108. The van der Waals surface area contributed by atoms with E-state index in [0.717, 1.165) is 19.2 Å². The van der Waals surface area contributed by atoms with Crippen LogP contribution in [-0.2, 0) is 14.6 Å². The lowest BCUT2D eigenvalue weighted by Crippen LogP contribution is -2.38. The second kappa shape index (κ2) is 6.32. The lowest BCUT2D eigenvalue weighted by atomic mass is 10.4. The predicted molar refractivity (Wildman–Crippen MR) is 64.4 cm³/mol. The molecule has 6 nitrogen and oxygen atoms in total. The molecule has 1 saturated heterocycles. The Morgan fingerprint density at radius 2 is 1.94 bits per heavy atom. The second-order valence-corrected chi connectivity index (χ2v) is 6.51. The zero-order valence-corrected chi connectivity index (χ0v) is 10.9. The van der Waals surface area contributed by atoms with E-state index in [1.807, 2.05) is 0 Å². The van der Waals surface area contributed by atoms with E-state index in [2.05, 4.69) is 4.90 Å². The smallest absolute Gasteiger partial charge is 0.237 e. The molecule has 1 amide bonds. The number of carbonyl (C=O) groups is 1. The molecule has 0 radical (unpaired) electrons. The summed E-state index contributed by atoms with van der Waals surface area (Å²) >= 11 is 0.